The fourth-order valence-corrected chi connectivity index (χ4v) is 4.23. The van der Waals surface area contributed by atoms with Crippen LogP contribution in [0.15, 0.2) is 11.4 Å². The molecular formula is C15H27N3OS. The molecule has 2 atom stereocenters. The molecule has 1 aliphatic rings. The first-order valence-corrected chi connectivity index (χ1v) is 8.38. The minimum absolute atomic E-state index is 0.136. The van der Waals surface area contributed by atoms with Gasteiger partial charge in [0.1, 0.15) is 0 Å². The summed E-state index contributed by atoms with van der Waals surface area (Å²) in [4.78, 5) is 6.29. The Morgan fingerprint density at radius 2 is 2.15 bits per heavy atom. The van der Waals surface area contributed by atoms with Gasteiger partial charge in [-0.05, 0) is 43.8 Å². The van der Waals surface area contributed by atoms with Crippen molar-refractivity contribution in [2.24, 2.45) is 5.73 Å². The second-order valence-electron chi connectivity index (χ2n) is 5.73. The second kappa shape index (κ2) is 7.52. The Morgan fingerprint density at radius 3 is 2.75 bits per heavy atom. The van der Waals surface area contributed by atoms with Gasteiger partial charge in [0, 0.05) is 37.1 Å². The maximum atomic E-state index is 9.09. The number of hydrogen-bond acceptors (Lipinski definition) is 5. The van der Waals surface area contributed by atoms with Gasteiger partial charge in [0.25, 0.3) is 0 Å². The van der Waals surface area contributed by atoms with E-state index in [2.05, 4.69) is 35.1 Å². The number of aliphatic hydroxyl groups excluding tert-OH is 1. The molecule has 0 amide bonds. The maximum Gasteiger partial charge on any atom is 0.0593 e. The Balaban J connectivity index is 2.09. The molecular weight excluding hydrogens is 270 g/mol. The fraction of sp³-hybridized carbons (Fsp3) is 0.733. The van der Waals surface area contributed by atoms with E-state index >= 15 is 0 Å². The van der Waals surface area contributed by atoms with E-state index in [1.54, 1.807) is 0 Å². The van der Waals surface area contributed by atoms with Crippen molar-refractivity contribution >= 4 is 11.3 Å². The van der Waals surface area contributed by atoms with Gasteiger partial charge in [-0.15, -0.1) is 11.3 Å². The summed E-state index contributed by atoms with van der Waals surface area (Å²) in [5, 5.41) is 11.2. The van der Waals surface area contributed by atoms with E-state index in [1.807, 2.05) is 11.3 Å². The minimum Gasteiger partial charge on any atom is -0.395 e. The summed E-state index contributed by atoms with van der Waals surface area (Å²) in [5.74, 6) is 0. The van der Waals surface area contributed by atoms with Crippen molar-refractivity contribution in [3.8, 4) is 0 Å². The summed E-state index contributed by atoms with van der Waals surface area (Å²) in [6.45, 7) is 9.54. The van der Waals surface area contributed by atoms with Crippen LogP contribution < -0.4 is 5.73 Å². The molecule has 1 aliphatic heterocycles. The number of aryl methyl sites for hydroxylation is 1. The predicted octanol–water partition coefficient (Wildman–Crippen LogP) is 1.44. The number of aliphatic hydroxyl groups is 1. The Morgan fingerprint density at radius 1 is 1.35 bits per heavy atom. The predicted molar refractivity (Wildman–Crippen MR) is 85.2 cm³/mol. The van der Waals surface area contributed by atoms with Crippen LogP contribution in [0, 0.1) is 6.92 Å². The van der Waals surface area contributed by atoms with Gasteiger partial charge in [-0.1, -0.05) is 0 Å². The molecule has 0 spiro atoms. The zero-order valence-electron chi connectivity index (χ0n) is 12.6. The topological polar surface area (TPSA) is 52.7 Å². The van der Waals surface area contributed by atoms with E-state index in [0.717, 1.165) is 39.1 Å². The molecule has 0 bridgehead atoms. The number of thiophene rings is 1. The first-order valence-electron chi connectivity index (χ1n) is 7.50. The number of nitrogens with zero attached hydrogens (tertiary/aromatic N) is 2. The average molecular weight is 297 g/mol. The molecule has 4 nitrogen and oxygen atoms in total. The van der Waals surface area contributed by atoms with Gasteiger partial charge in [-0.3, -0.25) is 9.80 Å². The first kappa shape index (κ1) is 15.9. The van der Waals surface area contributed by atoms with Crippen LogP contribution in [0.2, 0.25) is 0 Å². The summed E-state index contributed by atoms with van der Waals surface area (Å²) in [5.41, 5.74) is 7.64. The highest BCUT2D eigenvalue weighted by Gasteiger charge is 2.28. The highest BCUT2D eigenvalue weighted by atomic mass is 32.1. The van der Waals surface area contributed by atoms with E-state index in [0.29, 0.717) is 6.04 Å². The van der Waals surface area contributed by atoms with E-state index in [9.17, 15) is 0 Å². The standard InChI is InChI=1S/C15H27N3OS/c1-12-4-11-20-15(12)14(13(2)16)18-6-3-5-17(7-8-18)9-10-19/h4,11,13-14,19H,3,5-10,16H2,1-2H3. The highest BCUT2D eigenvalue weighted by Crippen LogP contribution is 2.31. The van der Waals surface area contributed by atoms with Crippen LogP contribution in [0.5, 0.6) is 0 Å². The van der Waals surface area contributed by atoms with Crippen LogP contribution in [-0.4, -0.2) is 60.3 Å². The van der Waals surface area contributed by atoms with E-state index < -0.39 is 0 Å². The van der Waals surface area contributed by atoms with Gasteiger partial charge in [0.2, 0.25) is 0 Å². The Kier molecular flexibility index (Phi) is 5.99. The smallest absolute Gasteiger partial charge is 0.0593 e. The van der Waals surface area contributed by atoms with E-state index in [-0.39, 0.29) is 12.6 Å². The summed E-state index contributed by atoms with van der Waals surface area (Å²) >= 11 is 1.82. The van der Waals surface area contributed by atoms with Crippen molar-refractivity contribution in [2.75, 3.05) is 39.3 Å². The van der Waals surface area contributed by atoms with Crippen molar-refractivity contribution in [3.05, 3.63) is 21.9 Å². The largest absolute Gasteiger partial charge is 0.395 e. The zero-order valence-corrected chi connectivity index (χ0v) is 13.4. The summed E-state index contributed by atoms with van der Waals surface area (Å²) in [6, 6.07) is 2.64. The van der Waals surface area contributed by atoms with Crippen molar-refractivity contribution in [3.63, 3.8) is 0 Å². The van der Waals surface area contributed by atoms with Gasteiger partial charge in [-0.2, -0.15) is 0 Å². The second-order valence-corrected chi connectivity index (χ2v) is 6.67. The summed E-state index contributed by atoms with van der Waals surface area (Å²) in [7, 11) is 0. The molecule has 3 N–H and O–H groups in total. The third-order valence-electron chi connectivity index (χ3n) is 4.10. The highest BCUT2D eigenvalue weighted by molar-refractivity contribution is 7.10. The van der Waals surface area contributed by atoms with Crippen LogP contribution >= 0.6 is 11.3 Å². The molecule has 1 fully saturated rings. The van der Waals surface area contributed by atoms with Crippen LogP contribution in [0.1, 0.15) is 29.8 Å². The quantitative estimate of drug-likeness (QED) is 0.863. The van der Waals surface area contributed by atoms with Gasteiger partial charge in [0.05, 0.1) is 12.6 Å². The summed E-state index contributed by atoms with van der Waals surface area (Å²) < 4.78 is 0. The molecule has 0 saturated carbocycles. The van der Waals surface area contributed by atoms with Crippen molar-refractivity contribution in [1.82, 2.24) is 9.80 Å². The molecule has 1 aromatic heterocycles. The van der Waals surface area contributed by atoms with Crippen molar-refractivity contribution < 1.29 is 5.11 Å². The SMILES string of the molecule is Cc1ccsc1C(C(C)N)N1CCCN(CCO)CC1. The Bertz CT molecular complexity index is 408. The lowest BCUT2D eigenvalue weighted by atomic mass is 10.0. The van der Waals surface area contributed by atoms with Gasteiger partial charge < -0.3 is 10.8 Å². The monoisotopic (exact) mass is 297 g/mol. The molecule has 5 heteroatoms. The molecule has 0 aromatic carbocycles. The molecule has 114 valence electrons. The first-order chi connectivity index (χ1) is 9.63. The van der Waals surface area contributed by atoms with Crippen LogP contribution in [0.4, 0.5) is 0 Å². The Hall–Kier alpha value is -0.460. The molecule has 2 heterocycles. The number of nitrogens with two attached hydrogens (primary N) is 1. The lowest BCUT2D eigenvalue weighted by molar-refractivity contribution is 0.170. The normalized spacial score (nSPS) is 21.6. The molecule has 2 rings (SSSR count). The summed E-state index contributed by atoms with van der Waals surface area (Å²) in [6.07, 6.45) is 1.15. The lowest BCUT2D eigenvalue weighted by Crippen LogP contribution is -2.41. The van der Waals surface area contributed by atoms with E-state index in [4.69, 9.17) is 10.8 Å². The molecule has 0 aliphatic carbocycles. The Labute approximate surface area is 126 Å². The maximum absolute atomic E-state index is 9.09. The molecule has 1 saturated heterocycles. The molecule has 0 radical (unpaired) electrons. The lowest BCUT2D eigenvalue weighted by Gasteiger charge is -2.33. The number of rotatable bonds is 5. The van der Waals surface area contributed by atoms with Crippen LogP contribution in [-0.2, 0) is 0 Å². The van der Waals surface area contributed by atoms with Crippen molar-refractivity contribution in [2.45, 2.75) is 32.4 Å². The van der Waals surface area contributed by atoms with Crippen molar-refractivity contribution in [1.29, 1.82) is 0 Å². The molecule has 1 aromatic rings. The minimum atomic E-state index is 0.136. The average Bonchev–Trinajstić information content (AvgIpc) is 2.68. The fourth-order valence-electron chi connectivity index (χ4n) is 3.06. The van der Waals surface area contributed by atoms with Crippen LogP contribution in [0.3, 0.4) is 0 Å². The molecule has 20 heavy (non-hydrogen) atoms. The van der Waals surface area contributed by atoms with Crippen LogP contribution in [0.25, 0.3) is 0 Å². The molecule has 2 unspecified atom stereocenters. The van der Waals surface area contributed by atoms with E-state index in [1.165, 1.54) is 10.4 Å². The zero-order chi connectivity index (χ0) is 14.5. The third-order valence-corrected chi connectivity index (χ3v) is 5.19. The van der Waals surface area contributed by atoms with Gasteiger partial charge >= 0.3 is 0 Å². The van der Waals surface area contributed by atoms with Gasteiger partial charge in [-0.25, -0.2) is 0 Å². The number of β-amino-alcohol motifs (C(OH)–C–C–N with tert-alkyl or cyclic N) is 1. The number of hydrogen-bond donors (Lipinski definition) is 2. The third kappa shape index (κ3) is 3.80. The van der Waals surface area contributed by atoms with Gasteiger partial charge in [0.15, 0.2) is 0 Å².